The van der Waals surface area contributed by atoms with Crippen molar-refractivity contribution < 1.29 is 4.39 Å². The fraction of sp³-hybridized carbons (Fsp3) is 0.0526. The van der Waals surface area contributed by atoms with E-state index in [2.05, 4.69) is 19.1 Å². The predicted molar refractivity (Wildman–Crippen MR) is 82.0 cm³/mol. The zero-order valence-electron chi connectivity index (χ0n) is 11.3. The van der Waals surface area contributed by atoms with Gasteiger partial charge in [0.15, 0.2) is 0 Å². The molecule has 20 heavy (non-hydrogen) atoms. The van der Waals surface area contributed by atoms with Gasteiger partial charge in [0.1, 0.15) is 5.82 Å². The van der Waals surface area contributed by atoms with Gasteiger partial charge in [-0.05, 0) is 46.9 Å². The van der Waals surface area contributed by atoms with Crippen molar-refractivity contribution in [3.8, 4) is 22.3 Å². The van der Waals surface area contributed by atoms with Gasteiger partial charge < -0.3 is 0 Å². The van der Waals surface area contributed by atoms with Gasteiger partial charge in [0.05, 0.1) is 0 Å². The average molecular weight is 262 g/mol. The SMILES string of the molecule is Cc1ccccc1-c1ccc(F)cc1-c1ccccc1. The maximum Gasteiger partial charge on any atom is 0.123 e. The fourth-order valence-corrected chi connectivity index (χ4v) is 2.48. The molecule has 3 aromatic carbocycles. The van der Waals surface area contributed by atoms with Crippen molar-refractivity contribution in [2.24, 2.45) is 0 Å². The molecule has 0 fully saturated rings. The van der Waals surface area contributed by atoms with Crippen molar-refractivity contribution in [2.45, 2.75) is 6.92 Å². The van der Waals surface area contributed by atoms with Gasteiger partial charge in [-0.2, -0.15) is 0 Å². The Labute approximate surface area is 118 Å². The van der Waals surface area contributed by atoms with Crippen LogP contribution >= 0.6 is 0 Å². The quantitative estimate of drug-likeness (QED) is 0.574. The van der Waals surface area contributed by atoms with E-state index in [0.29, 0.717) is 0 Å². The molecule has 0 amide bonds. The molecule has 0 N–H and O–H groups in total. The summed E-state index contributed by atoms with van der Waals surface area (Å²) in [5.41, 5.74) is 5.36. The highest BCUT2D eigenvalue weighted by Crippen LogP contribution is 2.34. The van der Waals surface area contributed by atoms with E-state index in [4.69, 9.17) is 0 Å². The molecule has 0 radical (unpaired) electrons. The number of hydrogen-bond donors (Lipinski definition) is 0. The lowest BCUT2D eigenvalue weighted by Crippen LogP contribution is -1.89. The lowest BCUT2D eigenvalue weighted by molar-refractivity contribution is 0.628. The first-order valence-electron chi connectivity index (χ1n) is 6.67. The molecule has 0 heterocycles. The van der Waals surface area contributed by atoms with Gasteiger partial charge in [0.2, 0.25) is 0 Å². The molecule has 0 unspecified atom stereocenters. The van der Waals surface area contributed by atoms with E-state index >= 15 is 0 Å². The van der Waals surface area contributed by atoms with Crippen LogP contribution in [0.3, 0.4) is 0 Å². The summed E-state index contributed by atoms with van der Waals surface area (Å²) < 4.78 is 13.6. The number of halogens is 1. The lowest BCUT2D eigenvalue weighted by atomic mass is 9.92. The lowest BCUT2D eigenvalue weighted by Gasteiger charge is -2.12. The van der Waals surface area contributed by atoms with Gasteiger partial charge in [-0.1, -0.05) is 60.7 Å². The molecule has 1 heteroatoms. The van der Waals surface area contributed by atoms with E-state index in [1.54, 1.807) is 6.07 Å². The Kier molecular flexibility index (Phi) is 3.34. The van der Waals surface area contributed by atoms with Crippen molar-refractivity contribution in [1.29, 1.82) is 0 Å². The van der Waals surface area contributed by atoms with Gasteiger partial charge in [0, 0.05) is 0 Å². The average Bonchev–Trinajstić information content (AvgIpc) is 2.49. The van der Waals surface area contributed by atoms with Gasteiger partial charge in [-0.25, -0.2) is 4.39 Å². The van der Waals surface area contributed by atoms with Gasteiger partial charge in [-0.3, -0.25) is 0 Å². The first-order chi connectivity index (χ1) is 9.75. The van der Waals surface area contributed by atoms with E-state index in [9.17, 15) is 4.39 Å². The highest BCUT2D eigenvalue weighted by atomic mass is 19.1. The van der Waals surface area contributed by atoms with Crippen LogP contribution in [0.2, 0.25) is 0 Å². The molecule has 3 aromatic rings. The highest BCUT2D eigenvalue weighted by Gasteiger charge is 2.10. The van der Waals surface area contributed by atoms with Crippen LogP contribution in [0.4, 0.5) is 4.39 Å². The van der Waals surface area contributed by atoms with Crippen LogP contribution in [-0.4, -0.2) is 0 Å². The third-order valence-corrected chi connectivity index (χ3v) is 3.50. The van der Waals surface area contributed by atoms with Crippen LogP contribution in [0, 0.1) is 12.7 Å². The van der Waals surface area contributed by atoms with Crippen LogP contribution in [0.1, 0.15) is 5.56 Å². The summed E-state index contributed by atoms with van der Waals surface area (Å²) >= 11 is 0. The second-order valence-electron chi connectivity index (χ2n) is 4.87. The first-order valence-corrected chi connectivity index (χ1v) is 6.67. The molecule has 0 saturated heterocycles. The van der Waals surface area contributed by atoms with Crippen molar-refractivity contribution in [1.82, 2.24) is 0 Å². The Morgan fingerprint density at radius 1 is 0.650 bits per heavy atom. The summed E-state index contributed by atoms with van der Waals surface area (Å²) in [7, 11) is 0. The largest absolute Gasteiger partial charge is 0.207 e. The molecule has 0 bridgehead atoms. The van der Waals surface area contributed by atoms with Crippen molar-refractivity contribution in [3.63, 3.8) is 0 Å². The zero-order chi connectivity index (χ0) is 13.9. The number of aryl methyl sites for hydroxylation is 1. The van der Waals surface area contributed by atoms with E-state index in [-0.39, 0.29) is 5.82 Å². The van der Waals surface area contributed by atoms with Crippen molar-refractivity contribution in [3.05, 3.63) is 84.2 Å². The van der Waals surface area contributed by atoms with Crippen LogP contribution in [0.15, 0.2) is 72.8 Å². The van der Waals surface area contributed by atoms with Gasteiger partial charge >= 0.3 is 0 Å². The third-order valence-electron chi connectivity index (χ3n) is 3.50. The maximum absolute atomic E-state index is 13.6. The molecule has 0 aliphatic heterocycles. The van der Waals surface area contributed by atoms with E-state index in [1.807, 2.05) is 48.5 Å². The standard InChI is InChI=1S/C19H15F/c1-14-7-5-6-10-17(14)18-12-11-16(20)13-19(18)15-8-3-2-4-9-15/h2-13H,1H3. The zero-order valence-corrected chi connectivity index (χ0v) is 11.3. The predicted octanol–water partition coefficient (Wildman–Crippen LogP) is 5.47. The normalized spacial score (nSPS) is 10.5. The molecular formula is C19H15F. The molecule has 0 aliphatic rings. The minimum atomic E-state index is -0.207. The summed E-state index contributed by atoms with van der Waals surface area (Å²) in [5.74, 6) is -0.207. The molecule has 0 atom stereocenters. The summed E-state index contributed by atoms with van der Waals surface area (Å²) in [5, 5.41) is 0. The Morgan fingerprint density at radius 2 is 1.35 bits per heavy atom. The number of benzene rings is 3. The molecule has 0 nitrogen and oxygen atoms in total. The van der Waals surface area contributed by atoms with Crippen molar-refractivity contribution >= 4 is 0 Å². The minimum absolute atomic E-state index is 0.207. The van der Waals surface area contributed by atoms with Crippen LogP contribution < -0.4 is 0 Å². The molecule has 0 aliphatic carbocycles. The van der Waals surface area contributed by atoms with E-state index in [0.717, 1.165) is 22.3 Å². The number of hydrogen-bond acceptors (Lipinski definition) is 0. The maximum atomic E-state index is 13.6. The summed E-state index contributed by atoms with van der Waals surface area (Å²) in [6, 6.07) is 23.1. The van der Waals surface area contributed by atoms with Gasteiger partial charge in [-0.15, -0.1) is 0 Å². The smallest absolute Gasteiger partial charge is 0.123 e. The molecular weight excluding hydrogens is 247 g/mol. The van der Waals surface area contributed by atoms with Crippen LogP contribution in [-0.2, 0) is 0 Å². The molecule has 3 rings (SSSR count). The second kappa shape index (κ2) is 5.30. The monoisotopic (exact) mass is 262 g/mol. The topological polar surface area (TPSA) is 0 Å². The molecule has 98 valence electrons. The second-order valence-corrected chi connectivity index (χ2v) is 4.87. The minimum Gasteiger partial charge on any atom is -0.207 e. The molecule has 0 saturated carbocycles. The molecule has 0 spiro atoms. The first kappa shape index (κ1) is 12.6. The Bertz CT molecular complexity index is 730. The summed E-state index contributed by atoms with van der Waals surface area (Å²) in [6.45, 7) is 2.08. The van der Waals surface area contributed by atoms with E-state index < -0.39 is 0 Å². The number of rotatable bonds is 2. The van der Waals surface area contributed by atoms with Crippen molar-refractivity contribution in [2.75, 3.05) is 0 Å². The molecule has 0 aromatic heterocycles. The van der Waals surface area contributed by atoms with E-state index in [1.165, 1.54) is 11.6 Å². The fourth-order valence-electron chi connectivity index (χ4n) is 2.48. The Balaban J connectivity index is 2.25. The summed E-state index contributed by atoms with van der Waals surface area (Å²) in [6.07, 6.45) is 0. The Morgan fingerprint density at radius 3 is 2.10 bits per heavy atom. The third kappa shape index (κ3) is 2.35. The Hall–Kier alpha value is -2.41. The van der Waals surface area contributed by atoms with Crippen LogP contribution in [0.25, 0.3) is 22.3 Å². The van der Waals surface area contributed by atoms with Crippen LogP contribution in [0.5, 0.6) is 0 Å². The van der Waals surface area contributed by atoms with Gasteiger partial charge in [0.25, 0.3) is 0 Å². The highest BCUT2D eigenvalue weighted by molar-refractivity contribution is 5.84. The summed E-state index contributed by atoms with van der Waals surface area (Å²) in [4.78, 5) is 0.